The van der Waals surface area contributed by atoms with Crippen molar-refractivity contribution in [3.8, 4) is 17.0 Å². The van der Waals surface area contributed by atoms with Crippen molar-refractivity contribution in [1.29, 1.82) is 0 Å². The summed E-state index contributed by atoms with van der Waals surface area (Å²) < 4.78 is 30.1. The number of aromatic nitrogens is 2. The van der Waals surface area contributed by atoms with Crippen molar-refractivity contribution in [2.45, 2.75) is 39.7 Å². The molecule has 1 aliphatic rings. The summed E-state index contributed by atoms with van der Waals surface area (Å²) in [6.45, 7) is 7.75. The van der Waals surface area contributed by atoms with Gasteiger partial charge in [0.05, 0.1) is 22.5 Å². The molecule has 3 N–H and O–H groups in total. The van der Waals surface area contributed by atoms with Crippen molar-refractivity contribution >= 4 is 23.5 Å². The standard InChI is InChI=1S/C27H29F2N5O4/c1-14(2)22-23(15(3)8-9-30-22)31-25-17(26(36)34-11-10-33(27(37)38)13-16(34)4)12-19(29)24(32-25)21-18(28)6-5-7-20(21)35/h5-9,12,14,16,35H,10-11,13H2,1-4H3,(H,31,32)(H,37,38)/t16-/m0/s1. The molecule has 0 bridgehead atoms. The number of rotatable bonds is 5. The minimum atomic E-state index is -1.08. The summed E-state index contributed by atoms with van der Waals surface area (Å²) in [7, 11) is 0. The van der Waals surface area contributed by atoms with Crippen LogP contribution >= 0.6 is 0 Å². The Hall–Kier alpha value is -4.28. The first kappa shape index (κ1) is 26.8. The number of hydrogen-bond acceptors (Lipinski definition) is 6. The summed E-state index contributed by atoms with van der Waals surface area (Å²) in [5.41, 5.74) is 1.05. The van der Waals surface area contributed by atoms with Gasteiger partial charge in [-0.1, -0.05) is 19.9 Å². The van der Waals surface area contributed by atoms with E-state index < -0.39 is 46.7 Å². The van der Waals surface area contributed by atoms with Crippen LogP contribution in [0.5, 0.6) is 5.75 Å². The minimum absolute atomic E-state index is 0.00352. The lowest BCUT2D eigenvalue weighted by molar-refractivity contribution is 0.0484. The molecule has 1 saturated heterocycles. The molecule has 1 aromatic carbocycles. The van der Waals surface area contributed by atoms with Crippen LogP contribution in [-0.2, 0) is 0 Å². The summed E-state index contributed by atoms with van der Waals surface area (Å²) in [4.78, 5) is 36.5. The number of hydrogen-bond donors (Lipinski definition) is 3. The van der Waals surface area contributed by atoms with E-state index in [0.29, 0.717) is 11.4 Å². The summed E-state index contributed by atoms with van der Waals surface area (Å²) in [6, 6.07) is 5.84. The first-order valence-electron chi connectivity index (χ1n) is 12.2. The van der Waals surface area contributed by atoms with Crippen molar-refractivity contribution in [3.05, 3.63) is 65.0 Å². The number of nitrogens with zero attached hydrogens (tertiary/aromatic N) is 4. The van der Waals surface area contributed by atoms with E-state index in [1.165, 1.54) is 21.9 Å². The van der Waals surface area contributed by atoms with Gasteiger partial charge in [0.2, 0.25) is 0 Å². The van der Waals surface area contributed by atoms with Gasteiger partial charge in [-0.15, -0.1) is 0 Å². The molecule has 2 aromatic heterocycles. The molecular weight excluding hydrogens is 496 g/mol. The van der Waals surface area contributed by atoms with Crippen LogP contribution in [0, 0.1) is 18.6 Å². The maximum atomic E-state index is 15.5. The number of amides is 2. The van der Waals surface area contributed by atoms with Crippen LogP contribution in [0.25, 0.3) is 11.3 Å². The number of phenols is 1. The quantitative estimate of drug-likeness (QED) is 0.423. The van der Waals surface area contributed by atoms with E-state index in [9.17, 15) is 24.2 Å². The molecule has 2 amide bonds. The van der Waals surface area contributed by atoms with Gasteiger partial charge in [-0.2, -0.15) is 0 Å². The van der Waals surface area contributed by atoms with Gasteiger partial charge in [0, 0.05) is 31.9 Å². The van der Waals surface area contributed by atoms with E-state index in [4.69, 9.17) is 0 Å². The van der Waals surface area contributed by atoms with Crippen LogP contribution in [0.4, 0.5) is 25.1 Å². The van der Waals surface area contributed by atoms with E-state index >= 15 is 4.39 Å². The molecule has 0 unspecified atom stereocenters. The molecule has 4 rings (SSSR count). The summed E-state index contributed by atoms with van der Waals surface area (Å²) in [5.74, 6) is -2.98. The Morgan fingerprint density at radius 2 is 1.89 bits per heavy atom. The zero-order valence-electron chi connectivity index (χ0n) is 21.5. The fourth-order valence-electron chi connectivity index (χ4n) is 4.56. The van der Waals surface area contributed by atoms with Crippen molar-refractivity contribution < 1.29 is 28.6 Å². The molecule has 1 aliphatic heterocycles. The number of piperazine rings is 1. The second kappa shape index (κ2) is 10.6. The predicted molar refractivity (Wildman–Crippen MR) is 138 cm³/mol. The van der Waals surface area contributed by atoms with Gasteiger partial charge >= 0.3 is 6.09 Å². The number of halogens is 2. The van der Waals surface area contributed by atoms with Crippen LogP contribution in [0.1, 0.15) is 48.3 Å². The number of carbonyl (C=O) groups excluding carboxylic acids is 1. The lowest BCUT2D eigenvalue weighted by atomic mass is 10.0. The summed E-state index contributed by atoms with van der Waals surface area (Å²) >= 11 is 0. The van der Waals surface area contributed by atoms with Crippen LogP contribution in [0.3, 0.4) is 0 Å². The Bertz CT molecular complexity index is 1380. The Morgan fingerprint density at radius 1 is 1.16 bits per heavy atom. The van der Waals surface area contributed by atoms with Gasteiger partial charge < -0.3 is 25.3 Å². The second-order valence-electron chi connectivity index (χ2n) is 9.59. The van der Waals surface area contributed by atoms with Crippen molar-refractivity contribution in [3.63, 3.8) is 0 Å². The second-order valence-corrected chi connectivity index (χ2v) is 9.59. The number of aromatic hydroxyl groups is 1. The number of pyridine rings is 2. The average Bonchev–Trinajstić information content (AvgIpc) is 2.85. The van der Waals surface area contributed by atoms with Crippen LogP contribution in [0.15, 0.2) is 36.5 Å². The third-order valence-electron chi connectivity index (χ3n) is 6.57. The largest absolute Gasteiger partial charge is 0.507 e. The highest BCUT2D eigenvalue weighted by Crippen LogP contribution is 2.36. The average molecular weight is 526 g/mol. The monoisotopic (exact) mass is 525 g/mol. The zero-order valence-corrected chi connectivity index (χ0v) is 21.5. The Kier molecular flexibility index (Phi) is 7.47. The number of carboxylic acid groups (broad SMARTS) is 1. The van der Waals surface area contributed by atoms with E-state index in [0.717, 1.165) is 17.7 Å². The highest BCUT2D eigenvalue weighted by atomic mass is 19.1. The van der Waals surface area contributed by atoms with Gasteiger partial charge in [-0.05, 0) is 49.6 Å². The molecule has 11 heteroatoms. The molecule has 38 heavy (non-hydrogen) atoms. The topological polar surface area (TPSA) is 119 Å². The predicted octanol–water partition coefficient (Wildman–Crippen LogP) is 5.13. The van der Waals surface area contributed by atoms with Gasteiger partial charge in [-0.3, -0.25) is 9.78 Å². The lowest BCUT2D eigenvalue weighted by Gasteiger charge is -2.38. The normalized spacial score (nSPS) is 15.6. The first-order valence-corrected chi connectivity index (χ1v) is 12.2. The van der Waals surface area contributed by atoms with Gasteiger partial charge in [0.1, 0.15) is 23.1 Å². The maximum Gasteiger partial charge on any atom is 0.407 e. The smallest absolute Gasteiger partial charge is 0.407 e. The van der Waals surface area contributed by atoms with E-state index in [2.05, 4.69) is 15.3 Å². The van der Waals surface area contributed by atoms with Gasteiger partial charge in [-0.25, -0.2) is 18.6 Å². The van der Waals surface area contributed by atoms with E-state index in [-0.39, 0.29) is 36.9 Å². The SMILES string of the molecule is Cc1ccnc(C(C)C)c1Nc1nc(-c2c(O)cccc2F)c(F)cc1C(=O)N1CCN(C(=O)O)C[C@@H]1C. The third kappa shape index (κ3) is 5.09. The van der Waals surface area contributed by atoms with E-state index in [1.54, 1.807) is 19.2 Å². The molecular formula is C27H29F2N5O4. The molecule has 0 saturated carbocycles. The fraction of sp³-hybridized carbons (Fsp3) is 0.333. The maximum absolute atomic E-state index is 15.5. The molecule has 3 aromatic rings. The number of benzene rings is 1. The molecule has 200 valence electrons. The number of aryl methyl sites for hydroxylation is 1. The van der Waals surface area contributed by atoms with Crippen molar-refractivity contribution in [2.75, 3.05) is 25.0 Å². The number of nitrogens with one attached hydrogen (secondary N) is 1. The molecule has 1 fully saturated rings. The molecule has 1 atom stereocenters. The highest BCUT2D eigenvalue weighted by Gasteiger charge is 2.33. The van der Waals surface area contributed by atoms with Crippen LogP contribution in [0.2, 0.25) is 0 Å². The minimum Gasteiger partial charge on any atom is -0.507 e. The van der Waals surface area contributed by atoms with Crippen LogP contribution in [-0.4, -0.2) is 67.7 Å². The first-order chi connectivity index (χ1) is 18.0. The van der Waals surface area contributed by atoms with E-state index in [1.807, 2.05) is 20.8 Å². The van der Waals surface area contributed by atoms with Gasteiger partial charge in [0.25, 0.3) is 5.91 Å². The highest BCUT2D eigenvalue weighted by molar-refractivity contribution is 6.00. The molecule has 3 heterocycles. The summed E-state index contributed by atoms with van der Waals surface area (Å²) in [5, 5.41) is 22.7. The zero-order chi connectivity index (χ0) is 27.7. The molecule has 0 radical (unpaired) electrons. The molecule has 0 spiro atoms. The Morgan fingerprint density at radius 3 is 2.53 bits per heavy atom. The third-order valence-corrected chi connectivity index (χ3v) is 6.57. The molecule has 0 aliphatic carbocycles. The number of carbonyl (C=O) groups is 2. The van der Waals surface area contributed by atoms with Crippen molar-refractivity contribution in [1.82, 2.24) is 19.8 Å². The fourth-order valence-corrected chi connectivity index (χ4v) is 4.56. The summed E-state index contributed by atoms with van der Waals surface area (Å²) in [6.07, 6.45) is 0.577. The lowest BCUT2D eigenvalue weighted by Crippen LogP contribution is -2.55. The Labute approximate surface area is 218 Å². The van der Waals surface area contributed by atoms with Crippen LogP contribution < -0.4 is 5.32 Å². The van der Waals surface area contributed by atoms with Crippen molar-refractivity contribution in [2.24, 2.45) is 0 Å². The Balaban J connectivity index is 1.86. The number of anilines is 2. The number of phenolic OH excluding ortho intramolecular Hbond substituents is 1. The molecule has 9 nitrogen and oxygen atoms in total. The van der Waals surface area contributed by atoms with Gasteiger partial charge in [0.15, 0.2) is 5.82 Å².